The van der Waals surface area contributed by atoms with E-state index in [1.165, 1.54) is 25.7 Å². The molecule has 0 atom stereocenters. The van der Waals surface area contributed by atoms with Crippen molar-refractivity contribution in [1.29, 1.82) is 0 Å². The molecule has 0 aliphatic heterocycles. The highest BCUT2D eigenvalue weighted by molar-refractivity contribution is 5.38. The van der Waals surface area contributed by atoms with Gasteiger partial charge in [-0.1, -0.05) is 32.0 Å². The van der Waals surface area contributed by atoms with E-state index in [0.29, 0.717) is 5.92 Å². The number of benzene rings is 1. The molecule has 2 aliphatic rings. The molecule has 0 nitrogen and oxygen atoms in total. The summed E-state index contributed by atoms with van der Waals surface area (Å²) >= 11 is 0. The topological polar surface area (TPSA) is 0 Å². The van der Waals surface area contributed by atoms with Crippen molar-refractivity contribution in [3.63, 3.8) is 0 Å². The monoisotopic (exact) mass is 200 g/mol. The van der Waals surface area contributed by atoms with Crippen LogP contribution in [0.1, 0.15) is 74.0 Å². The summed E-state index contributed by atoms with van der Waals surface area (Å²) in [4.78, 5) is 0. The molecule has 2 saturated carbocycles. The van der Waals surface area contributed by atoms with Crippen LogP contribution in [-0.2, 0) is 0 Å². The molecule has 0 unspecified atom stereocenters. The Hall–Kier alpha value is -0.780. The predicted octanol–water partition coefficient (Wildman–Crippen LogP) is 4.56. The van der Waals surface area contributed by atoms with Gasteiger partial charge in [0.15, 0.2) is 0 Å². The molecule has 0 bridgehead atoms. The van der Waals surface area contributed by atoms with Gasteiger partial charge in [-0.3, -0.25) is 0 Å². The number of rotatable bonds is 3. The average Bonchev–Trinajstić information content (AvgIpc) is 3.06. The normalized spacial score (nSPS) is 21.0. The summed E-state index contributed by atoms with van der Waals surface area (Å²) in [5, 5.41) is 0. The van der Waals surface area contributed by atoms with Crippen molar-refractivity contribution in [1.82, 2.24) is 0 Å². The van der Waals surface area contributed by atoms with Crippen LogP contribution in [0.2, 0.25) is 0 Å². The van der Waals surface area contributed by atoms with Crippen LogP contribution in [0.5, 0.6) is 0 Å². The molecule has 2 aliphatic carbocycles. The molecule has 0 aromatic heterocycles. The molecule has 0 amide bonds. The van der Waals surface area contributed by atoms with Gasteiger partial charge in [-0.25, -0.2) is 0 Å². The molecule has 2 fully saturated rings. The predicted molar refractivity (Wildman–Crippen MR) is 64.5 cm³/mol. The SMILES string of the molecule is CC(C)c1cc(C2CC2)cc(C2CC2)c1. The first-order valence-electron chi connectivity index (χ1n) is 6.39. The lowest BCUT2D eigenvalue weighted by atomic mass is 9.94. The van der Waals surface area contributed by atoms with Gasteiger partial charge in [0.1, 0.15) is 0 Å². The molecule has 0 radical (unpaired) electrons. The molecule has 0 N–H and O–H groups in total. The van der Waals surface area contributed by atoms with Crippen molar-refractivity contribution < 1.29 is 0 Å². The fourth-order valence-electron chi connectivity index (χ4n) is 2.34. The largest absolute Gasteiger partial charge is 0.0587 e. The zero-order valence-electron chi connectivity index (χ0n) is 9.79. The van der Waals surface area contributed by atoms with Crippen molar-refractivity contribution in [2.24, 2.45) is 0 Å². The zero-order chi connectivity index (χ0) is 10.4. The van der Waals surface area contributed by atoms with Gasteiger partial charge >= 0.3 is 0 Å². The Balaban J connectivity index is 1.99. The summed E-state index contributed by atoms with van der Waals surface area (Å²) in [5.41, 5.74) is 4.81. The number of hydrogen-bond donors (Lipinski definition) is 0. The quantitative estimate of drug-likeness (QED) is 0.670. The molecule has 0 heterocycles. The summed E-state index contributed by atoms with van der Waals surface area (Å²) in [6, 6.07) is 7.39. The van der Waals surface area contributed by atoms with Crippen LogP contribution in [0, 0.1) is 0 Å². The summed E-state index contributed by atoms with van der Waals surface area (Å²) in [6.45, 7) is 4.62. The van der Waals surface area contributed by atoms with Crippen molar-refractivity contribution in [2.45, 2.75) is 57.3 Å². The van der Waals surface area contributed by atoms with Gasteiger partial charge in [-0.05, 0) is 60.1 Å². The molecule has 0 heteroatoms. The highest BCUT2D eigenvalue weighted by Gasteiger charge is 2.28. The van der Waals surface area contributed by atoms with Crippen LogP contribution in [0.25, 0.3) is 0 Å². The van der Waals surface area contributed by atoms with Crippen LogP contribution in [0.4, 0.5) is 0 Å². The number of hydrogen-bond acceptors (Lipinski definition) is 0. The fraction of sp³-hybridized carbons (Fsp3) is 0.600. The van der Waals surface area contributed by atoms with Crippen LogP contribution >= 0.6 is 0 Å². The maximum absolute atomic E-state index is 2.49. The maximum Gasteiger partial charge on any atom is -0.0161 e. The Bertz CT molecular complexity index is 307. The van der Waals surface area contributed by atoms with Gasteiger partial charge in [0, 0.05) is 0 Å². The van der Waals surface area contributed by atoms with E-state index >= 15 is 0 Å². The van der Waals surface area contributed by atoms with Gasteiger partial charge in [-0.2, -0.15) is 0 Å². The van der Waals surface area contributed by atoms with E-state index in [1.807, 2.05) is 0 Å². The average molecular weight is 200 g/mol. The molecule has 1 aromatic rings. The Labute approximate surface area is 92.7 Å². The van der Waals surface area contributed by atoms with Crippen LogP contribution < -0.4 is 0 Å². The minimum atomic E-state index is 0.682. The van der Waals surface area contributed by atoms with Gasteiger partial charge in [-0.15, -0.1) is 0 Å². The first-order valence-corrected chi connectivity index (χ1v) is 6.39. The molecule has 0 saturated heterocycles. The van der Waals surface area contributed by atoms with Crippen LogP contribution in [0.3, 0.4) is 0 Å². The van der Waals surface area contributed by atoms with Crippen LogP contribution in [0.15, 0.2) is 18.2 Å². The van der Waals surface area contributed by atoms with Crippen LogP contribution in [-0.4, -0.2) is 0 Å². The summed E-state index contributed by atoms with van der Waals surface area (Å²) in [6.07, 6.45) is 5.69. The maximum atomic E-state index is 2.49. The van der Waals surface area contributed by atoms with Crippen molar-refractivity contribution in [3.8, 4) is 0 Å². The van der Waals surface area contributed by atoms with Crippen molar-refractivity contribution in [3.05, 3.63) is 34.9 Å². The van der Waals surface area contributed by atoms with Gasteiger partial charge in [0.25, 0.3) is 0 Å². The molecule has 15 heavy (non-hydrogen) atoms. The van der Waals surface area contributed by atoms with E-state index in [2.05, 4.69) is 32.0 Å². The highest BCUT2D eigenvalue weighted by atomic mass is 14.3. The minimum absolute atomic E-state index is 0.682. The third-order valence-corrected chi connectivity index (χ3v) is 3.76. The minimum Gasteiger partial charge on any atom is -0.0587 e. The highest BCUT2D eigenvalue weighted by Crippen LogP contribution is 2.45. The zero-order valence-corrected chi connectivity index (χ0v) is 9.79. The van der Waals surface area contributed by atoms with Crippen molar-refractivity contribution >= 4 is 0 Å². The Morgan fingerprint density at radius 2 is 1.33 bits per heavy atom. The second-order valence-electron chi connectivity index (χ2n) is 5.64. The molecule has 80 valence electrons. The van der Waals surface area contributed by atoms with Gasteiger partial charge < -0.3 is 0 Å². The van der Waals surface area contributed by atoms with E-state index in [-0.39, 0.29) is 0 Å². The molecular weight excluding hydrogens is 180 g/mol. The summed E-state index contributed by atoms with van der Waals surface area (Å²) in [7, 11) is 0. The second kappa shape index (κ2) is 3.37. The van der Waals surface area contributed by atoms with Crippen molar-refractivity contribution in [2.75, 3.05) is 0 Å². The summed E-state index contributed by atoms with van der Waals surface area (Å²) in [5.74, 6) is 2.49. The third-order valence-electron chi connectivity index (χ3n) is 3.76. The first-order chi connectivity index (χ1) is 7.24. The van der Waals surface area contributed by atoms with Gasteiger partial charge in [0.05, 0.1) is 0 Å². The first kappa shape index (κ1) is 9.45. The summed E-state index contributed by atoms with van der Waals surface area (Å²) < 4.78 is 0. The Morgan fingerprint density at radius 1 is 0.867 bits per heavy atom. The third kappa shape index (κ3) is 1.95. The van der Waals surface area contributed by atoms with E-state index in [1.54, 1.807) is 16.7 Å². The smallest absolute Gasteiger partial charge is 0.0161 e. The van der Waals surface area contributed by atoms with E-state index in [0.717, 1.165) is 11.8 Å². The Morgan fingerprint density at radius 3 is 1.67 bits per heavy atom. The molecule has 1 aromatic carbocycles. The molecular formula is C15H20. The Kier molecular flexibility index (Phi) is 2.12. The van der Waals surface area contributed by atoms with E-state index in [9.17, 15) is 0 Å². The molecule has 3 rings (SSSR count). The lowest BCUT2D eigenvalue weighted by Crippen LogP contribution is -1.93. The van der Waals surface area contributed by atoms with E-state index in [4.69, 9.17) is 0 Å². The second-order valence-corrected chi connectivity index (χ2v) is 5.64. The fourth-order valence-corrected chi connectivity index (χ4v) is 2.34. The van der Waals surface area contributed by atoms with E-state index < -0.39 is 0 Å². The standard InChI is InChI=1S/C15H20/c1-10(2)13-7-14(11-3-4-11)9-15(8-13)12-5-6-12/h7-12H,3-6H2,1-2H3. The lowest BCUT2D eigenvalue weighted by molar-refractivity contribution is 0.856. The lowest BCUT2D eigenvalue weighted by Gasteiger charge is -2.11. The molecule has 0 spiro atoms. The van der Waals surface area contributed by atoms with Gasteiger partial charge in [0.2, 0.25) is 0 Å².